The monoisotopic (exact) mass is 353 g/mol. The predicted molar refractivity (Wildman–Crippen MR) is 86.7 cm³/mol. The Hall–Kier alpha value is -1.02. The first-order chi connectivity index (χ1) is 9.58. The summed E-state index contributed by atoms with van der Waals surface area (Å²) in [6, 6.07) is 2.97. The number of carbonyl (C=O) groups is 1. The Morgan fingerprint density at radius 1 is 1.33 bits per heavy atom. The van der Waals surface area contributed by atoms with E-state index in [9.17, 15) is 13.2 Å². The summed E-state index contributed by atoms with van der Waals surface area (Å²) in [5.74, 6) is -0.361. The smallest absolute Gasteiger partial charge is 0.238 e. The number of nitrogens with one attached hydrogen (secondary N) is 1. The second-order valence-electron chi connectivity index (χ2n) is 4.78. The van der Waals surface area contributed by atoms with Crippen molar-refractivity contribution in [3.05, 3.63) is 22.2 Å². The minimum Gasteiger partial charge on any atom is -0.399 e. The summed E-state index contributed by atoms with van der Waals surface area (Å²) in [5, 5.41) is 3.07. The lowest BCUT2D eigenvalue weighted by atomic mass is 10.2. The summed E-state index contributed by atoms with van der Waals surface area (Å²) in [4.78, 5) is 13.5. The zero-order valence-electron chi connectivity index (χ0n) is 11.7. The number of nitrogens with zero attached hydrogens (tertiary/aromatic N) is 1. The summed E-state index contributed by atoms with van der Waals surface area (Å²) in [6.45, 7) is 0.280. The van der Waals surface area contributed by atoms with Gasteiger partial charge in [-0.25, -0.2) is 8.42 Å². The average Bonchev–Trinajstić information content (AvgIpc) is 2.30. The number of sulfone groups is 1. The first-order valence-corrected chi connectivity index (χ1v) is 8.81. The molecule has 1 rings (SSSR count). The van der Waals surface area contributed by atoms with E-state index in [0.29, 0.717) is 5.69 Å². The van der Waals surface area contributed by atoms with Crippen molar-refractivity contribution >= 4 is 50.3 Å². The number of hydrogen-bond acceptors (Lipinski definition) is 5. The predicted octanol–water partition coefficient (Wildman–Crippen LogP) is 1.49. The average molecular weight is 354 g/mol. The molecule has 6 nitrogen and oxygen atoms in total. The molecule has 0 spiro atoms. The van der Waals surface area contributed by atoms with Crippen molar-refractivity contribution in [1.82, 2.24) is 4.90 Å². The molecule has 9 heteroatoms. The Balaban J connectivity index is 2.62. The third-order valence-corrected chi connectivity index (χ3v) is 4.11. The molecule has 0 saturated heterocycles. The van der Waals surface area contributed by atoms with Gasteiger partial charge in [-0.3, -0.25) is 9.69 Å². The van der Waals surface area contributed by atoms with Gasteiger partial charge < -0.3 is 11.1 Å². The standard InChI is InChI=1S/C12H17Cl2N3O3S/c1-17(3-4-21(2,19)20)7-11(18)16-12-9(13)5-8(15)6-10(12)14/h5-6H,3-4,7,15H2,1-2H3,(H,16,18). The molecule has 0 aliphatic carbocycles. The van der Waals surface area contributed by atoms with Gasteiger partial charge in [0.2, 0.25) is 5.91 Å². The second-order valence-corrected chi connectivity index (χ2v) is 7.85. The van der Waals surface area contributed by atoms with E-state index in [4.69, 9.17) is 28.9 Å². The number of likely N-dealkylation sites (N-methyl/N-ethyl adjacent to an activating group) is 1. The molecule has 0 aromatic heterocycles. The van der Waals surface area contributed by atoms with Gasteiger partial charge in [-0.1, -0.05) is 23.2 Å². The summed E-state index contributed by atoms with van der Waals surface area (Å²) in [5.41, 5.74) is 6.26. The molecule has 118 valence electrons. The lowest BCUT2D eigenvalue weighted by Crippen LogP contribution is -2.33. The molecule has 1 aromatic rings. The van der Waals surface area contributed by atoms with E-state index in [1.165, 1.54) is 12.1 Å². The maximum Gasteiger partial charge on any atom is 0.238 e. The fraction of sp³-hybridized carbons (Fsp3) is 0.417. The van der Waals surface area contributed by atoms with Crippen molar-refractivity contribution in [2.75, 3.05) is 43.2 Å². The number of carbonyl (C=O) groups excluding carboxylic acids is 1. The van der Waals surface area contributed by atoms with Crippen LogP contribution in [0.4, 0.5) is 11.4 Å². The van der Waals surface area contributed by atoms with Crippen LogP contribution in [0.25, 0.3) is 0 Å². The maximum absolute atomic E-state index is 11.9. The minimum absolute atomic E-state index is 0.0137. The highest BCUT2D eigenvalue weighted by atomic mass is 35.5. The molecule has 0 radical (unpaired) electrons. The third-order valence-electron chi connectivity index (χ3n) is 2.59. The molecule has 1 amide bonds. The van der Waals surface area contributed by atoms with Crippen LogP contribution in [0.15, 0.2) is 12.1 Å². The molecule has 1 aromatic carbocycles. The van der Waals surface area contributed by atoms with E-state index >= 15 is 0 Å². The number of benzene rings is 1. The van der Waals surface area contributed by atoms with E-state index in [1.54, 1.807) is 11.9 Å². The van der Waals surface area contributed by atoms with Gasteiger partial charge in [-0.05, 0) is 19.2 Å². The van der Waals surface area contributed by atoms with Crippen LogP contribution in [0.3, 0.4) is 0 Å². The van der Waals surface area contributed by atoms with E-state index < -0.39 is 9.84 Å². The summed E-state index contributed by atoms with van der Waals surface area (Å²) >= 11 is 11.9. The lowest BCUT2D eigenvalue weighted by molar-refractivity contribution is -0.117. The van der Waals surface area contributed by atoms with Gasteiger partial charge in [0, 0.05) is 18.5 Å². The molecule has 0 unspecified atom stereocenters. The van der Waals surface area contributed by atoms with E-state index in [0.717, 1.165) is 6.26 Å². The van der Waals surface area contributed by atoms with Crippen LogP contribution in [-0.4, -0.2) is 51.4 Å². The van der Waals surface area contributed by atoms with Gasteiger partial charge >= 0.3 is 0 Å². The molecule has 0 fully saturated rings. The zero-order valence-corrected chi connectivity index (χ0v) is 14.0. The number of nitrogen functional groups attached to an aromatic ring is 1. The fourth-order valence-corrected chi connectivity index (χ4v) is 2.78. The Bertz CT molecular complexity index is 612. The highest BCUT2D eigenvalue weighted by Gasteiger charge is 2.13. The first-order valence-electron chi connectivity index (χ1n) is 5.99. The van der Waals surface area contributed by atoms with Gasteiger partial charge in [-0.2, -0.15) is 0 Å². The van der Waals surface area contributed by atoms with Crippen molar-refractivity contribution in [1.29, 1.82) is 0 Å². The van der Waals surface area contributed by atoms with Gasteiger partial charge in [0.15, 0.2) is 0 Å². The fourth-order valence-electron chi connectivity index (χ4n) is 1.54. The zero-order chi connectivity index (χ0) is 16.2. The van der Waals surface area contributed by atoms with E-state index in [-0.39, 0.29) is 40.5 Å². The van der Waals surface area contributed by atoms with Gasteiger partial charge in [0.05, 0.1) is 28.0 Å². The number of halogens is 2. The highest BCUT2D eigenvalue weighted by molar-refractivity contribution is 7.90. The van der Waals surface area contributed by atoms with Gasteiger partial charge in [0.1, 0.15) is 9.84 Å². The topological polar surface area (TPSA) is 92.5 Å². The molecule has 0 saturated carbocycles. The Labute approximate surface area is 134 Å². The molecule has 0 atom stereocenters. The van der Waals surface area contributed by atoms with Crippen molar-refractivity contribution in [2.45, 2.75) is 0 Å². The molecule has 0 aliphatic heterocycles. The Morgan fingerprint density at radius 2 is 1.86 bits per heavy atom. The minimum atomic E-state index is -3.06. The van der Waals surface area contributed by atoms with Crippen LogP contribution in [0, 0.1) is 0 Å². The lowest BCUT2D eigenvalue weighted by Gasteiger charge is -2.16. The van der Waals surface area contributed by atoms with Crippen LogP contribution < -0.4 is 11.1 Å². The molecule has 0 aliphatic rings. The van der Waals surface area contributed by atoms with Crippen LogP contribution in [0.5, 0.6) is 0 Å². The summed E-state index contributed by atoms with van der Waals surface area (Å²) in [7, 11) is -1.41. The maximum atomic E-state index is 11.9. The molecular formula is C12H17Cl2N3O3S. The Morgan fingerprint density at radius 3 is 2.33 bits per heavy atom. The normalized spacial score (nSPS) is 11.7. The first kappa shape index (κ1) is 18.0. The van der Waals surface area contributed by atoms with Gasteiger partial charge in [0.25, 0.3) is 0 Å². The summed E-state index contributed by atoms with van der Waals surface area (Å²) in [6.07, 6.45) is 1.15. The summed E-state index contributed by atoms with van der Waals surface area (Å²) < 4.78 is 22.1. The van der Waals surface area contributed by atoms with Crippen molar-refractivity contribution in [3.8, 4) is 0 Å². The SMILES string of the molecule is CN(CCS(C)(=O)=O)CC(=O)Nc1c(Cl)cc(N)cc1Cl. The van der Waals surface area contributed by atoms with E-state index in [1.807, 2.05) is 0 Å². The van der Waals surface area contributed by atoms with E-state index in [2.05, 4.69) is 5.32 Å². The van der Waals surface area contributed by atoms with Gasteiger partial charge in [-0.15, -0.1) is 0 Å². The molecule has 0 heterocycles. The quantitative estimate of drug-likeness (QED) is 0.755. The van der Waals surface area contributed by atoms with Crippen molar-refractivity contribution in [2.24, 2.45) is 0 Å². The highest BCUT2D eigenvalue weighted by Crippen LogP contribution is 2.32. The number of rotatable bonds is 6. The molecule has 21 heavy (non-hydrogen) atoms. The van der Waals surface area contributed by atoms with Crippen molar-refractivity contribution < 1.29 is 13.2 Å². The number of nitrogens with two attached hydrogens (primary N) is 1. The van der Waals surface area contributed by atoms with Crippen molar-refractivity contribution in [3.63, 3.8) is 0 Å². The largest absolute Gasteiger partial charge is 0.399 e. The van der Waals surface area contributed by atoms with Crippen LogP contribution in [0.1, 0.15) is 0 Å². The number of anilines is 2. The second kappa shape index (κ2) is 7.31. The van der Waals surface area contributed by atoms with Crippen LogP contribution in [-0.2, 0) is 14.6 Å². The number of hydrogen-bond donors (Lipinski definition) is 2. The van der Waals surface area contributed by atoms with Crippen LogP contribution >= 0.6 is 23.2 Å². The molecule has 0 bridgehead atoms. The Kier molecular flexibility index (Phi) is 6.27. The van der Waals surface area contributed by atoms with Crippen LogP contribution in [0.2, 0.25) is 10.0 Å². The molecular weight excluding hydrogens is 337 g/mol. The number of amides is 1. The molecule has 3 N–H and O–H groups in total. The third kappa shape index (κ3) is 6.52.